The van der Waals surface area contributed by atoms with Crippen LogP contribution in [0.1, 0.15) is 32.4 Å². The van der Waals surface area contributed by atoms with Gasteiger partial charge in [-0.2, -0.15) is 27.8 Å². The molecule has 0 amide bonds. The van der Waals surface area contributed by atoms with Crippen LogP contribution in [0.2, 0.25) is 0 Å². The Balaban J connectivity index is 1.78. The van der Waals surface area contributed by atoms with E-state index in [-0.39, 0.29) is 11.6 Å². The van der Waals surface area contributed by atoms with Crippen molar-refractivity contribution in [3.63, 3.8) is 0 Å². The lowest BCUT2D eigenvalue weighted by atomic mass is 10.1. The van der Waals surface area contributed by atoms with Gasteiger partial charge in [0.25, 0.3) is 5.78 Å². The average Bonchev–Trinajstić information content (AvgIpc) is 3.11. The van der Waals surface area contributed by atoms with E-state index in [1.807, 2.05) is 0 Å². The molecule has 0 radical (unpaired) electrons. The number of alkyl halides is 3. The van der Waals surface area contributed by atoms with Crippen molar-refractivity contribution in [2.75, 3.05) is 25.0 Å². The smallest absolute Gasteiger partial charge is 0.368 e. The number of nitrogens with zero attached hydrogens (tertiary/aromatic N) is 5. The summed E-state index contributed by atoms with van der Waals surface area (Å²) in [7, 11) is 0. The van der Waals surface area contributed by atoms with Gasteiger partial charge in [0.15, 0.2) is 5.69 Å². The third-order valence-electron chi connectivity index (χ3n) is 4.16. The zero-order chi connectivity index (χ0) is 17.3. The van der Waals surface area contributed by atoms with Crippen LogP contribution in [-0.2, 0) is 6.18 Å². The minimum Gasteiger partial charge on any atom is -0.368 e. The fraction of sp³-hybridized carbons (Fsp3) is 0.667. The zero-order valence-electron chi connectivity index (χ0n) is 13.7. The molecule has 1 aliphatic rings. The maximum Gasteiger partial charge on any atom is 0.433 e. The van der Waals surface area contributed by atoms with E-state index in [9.17, 15) is 13.2 Å². The Labute approximate surface area is 138 Å². The van der Waals surface area contributed by atoms with E-state index < -0.39 is 11.9 Å². The quantitative estimate of drug-likeness (QED) is 0.905. The van der Waals surface area contributed by atoms with Crippen LogP contribution in [0.25, 0.3) is 5.78 Å². The Morgan fingerprint density at radius 2 is 2.17 bits per heavy atom. The van der Waals surface area contributed by atoms with Crippen LogP contribution in [0.15, 0.2) is 12.4 Å². The molecule has 0 aromatic carbocycles. The minimum atomic E-state index is -4.51. The van der Waals surface area contributed by atoms with Gasteiger partial charge >= 0.3 is 6.18 Å². The summed E-state index contributed by atoms with van der Waals surface area (Å²) < 4.78 is 40.3. The van der Waals surface area contributed by atoms with Crippen molar-refractivity contribution < 1.29 is 13.2 Å². The highest BCUT2D eigenvalue weighted by molar-refractivity contribution is 5.45. The number of likely N-dealkylation sites (tertiary alicyclic amines) is 1. The van der Waals surface area contributed by atoms with E-state index in [0.29, 0.717) is 18.5 Å². The molecule has 24 heavy (non-hydrogen) atoms. The topological polar surface area (TPSA) is 58.3 Å². The van der Waals surface area contributed by atoms with E-state index in [0.717, 1.165) is 32.0 Å². The lowest BCUT2D eigenvalue weighted by molar-refractivity contribution is -0.141. The van der Waals surface area contributed by atoms with Gasteiger partial charge in [-0.1, -0.05) is 13.8 Å². The van der Waals surface area contributed by atoms with Crippen molar-refractivity contribution in [1.29, 1.82) is 0 Å². The molecular weight excluding hydrogens is 321 g/mol. The second-order valence-corrected chi connectivity index (χ2v) is 6.56. The highest BCUT2D eigenvalue weighted by Gasteiger charge is 2.34. The van der Waals surface area contributed by atoms with Gasteiger partial charge < -0.3 is 5.32 Å². The van der Waals surface area contributed by atoms with Gasteiger partial charge in [-0.25, -0.2) is 4.98 Å². The van der Waals surface area contributed by atoms with Crippen molar-refractivity contribution in [2.45, 2.75) is 38.9 Å². The summed E-state index contributed by atoms with van der Waals surface area (Å²) >= 11 is 0. The molecule has 0 saturated carbocycles. The highest BCUT2D eigenvalue weighted by Crippen LogP contribution is 2.29. The molecule has 1 atom stereocenters. The number of anilines is 1. The first-order valence-electron chi connectivity index (χ1n) is 8.10. The summed E-state index contributed by atoms with van der Waals surface area (Å²) in [5.74, 6) is 0.768. The minimum absolute atomic E-state index is 0.0576. The van der Waals surface area contributed by atoms with Crippen LogP contribution in [0.4, 0.5) is 19.0 Å². The number of rotatable bonds is 5. The van der Waals surface area contributed by atoms with Crippen molar-refractivity contribution >= 4 is 11.6 Å². The Hall–Kier alpha value is -1.90. The number of aromatic nitrogens is 4. The van der Waals surface area contributed by atoms with Crippen molar-refractivity contribution in [2.24, 2.45) is 5.92 Å². The molecule has 132 valence electrons. The molecule has 3 rings (SSSR count). The van der Waals surface area contributed by atoms with Crippen molar-refractivity contribution in [3.8, 4) is 0 Å². The summed E-state index contributed by atoms with van der Waals surface area (Å²) in [5, 5.41) is 7.06. The molecule has 1 aliphatic heterocycles. The Morgan fingerprint density at radius 1 is 1.38 bits per heavy atom. The van der Waals surface area contributed by atoms with E-state index in [4.69, 9.17) is 0 Å². The van der Waals surface area contributed by atoms with E-state index in [1.165, 1.54) is 10.8 Å². The summed E-state index contributed by atoms with van der Waals surface area (Å²) in [5.41, 5.74) is -0.962. The predicted molar refractivity (Wildman–Crippen MR) is 83.7 cm³/mol. The molecule has 2 aromatic heterocycles. The van der Waals surface area contributed by atoms with Crippen LogP contribution in [-0.4, -0.2) is 50.2 Å². The van der Waals surface area contributed by atoms with E-state index >= 15 is 0 Å². The molecule has 1 N–H and O–H groups in total. The van der Waals surface area contributed by atoms with Crippen LogP contribution in [0, 0.1) is 5.92 Å². The second kappa shape index (κ2) is 6.54. The fourth-order valence-electron chi connectivity index (χ4n) is 3.14. The SMILES string of the molecule is CC(C)CN1CCC[C@@H]1CNc1cc(C(F)(F)F)nc2ncnn12. The Kier molecular flexibility index (Phi) is 4.62. The van der Waals surface area contributed by atoms with Crippen molar-refractivity contribution in [1.82, 2.24) is 24.5 Å². The molecule has 6 nitrogen and oxygen atoms in total. The first kappa shape index (κ1) is 16.9. The maximum atomic E-state index is 13.0. The number of hydrogen-bond acceptors (Lipinski definition) is 5. The van der Waals surface area contributed by atoms with Crippen LogP contribution < -0.4 is 5.32 Å². The standard InChI is InChI=1S/C15H21F3N6/c1-10(2)8-23-5-3-4-11(23)7-19-13-6-12(15(16,17)18)22-14-20-9-21-24(13)14/h6,9-11,19H,3-5,7-8H2,1-2H3/t11-/m1/s1. The first-order valence-corrected chi connectivity index (χ1v) is 8.10. The lowest BCUT2D eigenvalue weighted by Crippen LogP contribution is -2.37. The summed E-state index contributed by atoms with van der Waals surface area (Å²) in [6, 6.07) is 1.30. The van der Waals surface area contributed by atoms with Crippen LogP contribution in [0.5, 0.6) is 0 Å². The monoisotopic (exact) mass is 342 g/mol. The first-order chi connectivity index (χ1) is 11.3. The van der Waals surface area contributed by atoms with Crippen LogP contribution >= 0.6 is 0 Å². The second-order valence-electron chi connectivity index (χ2n) is 6.56. The molecule has 1 fully saturated rings. The molecule has 1 saturated heterocycles. The number of nitrogens with one attached hydrogen (secondary N) is 1. The third-order valence-corrected chi connectivity index (χ3v) is 4.16. The van der Waals surface area contributed by atoms with E-state index in [2.05, 4.69) is 39.1 Å². The summed E-state index contributed by atoms with van der Waals surface area (Å²) in [6.07, 6.45) is -1.16. The van der Waals surface area contributed by atoms with Gasteiger partial charge in [0.2, 0.25) is 0 Å². The van der Waals surface area contributed by atoms with Gasteiger partial charge in [-0.15, -0.1) is 0 Å². The maximum absolute atomic E-state index is 13.0. The van der Waals surface area contributed by atoms with Crippen LogP contribution in [0.3, 0.4) is 0 Å². The highest BCUT2D eigenvalue weighted by atomic mass is 19.4. The Morgan fingerprint density at radius 3 is 2.88 bits per heavy atom. The molecule has 0 bridgehead atoms. The Bertz CT molecular complexity index is 696. The third kappa shape index (κ3) is 3.61. The molecule has 3 heterocycles. The van der Waals surface area contributed by atoms with Gasteiger partial charge in [-0.3, -0.25) is 4.90 Å². The lowest BCUT2D eigenvalue weighted by Gasteiger charge is -2.26. The normalized spacial score (nSPS) is 19.5. The molecular formula is C15H21F3N6. The number of halogens is 3. The summed E-state index contributed by atoms with van der Waals surface area (Å²) in [4.78, 5) is 9.68. The fourth-order valence-corrected chi connectivity index (χ4v) is 3.14. The van der Waals surface area contributed by atoms with Crippen molar-refractivity contribution in [3.05, 3.63) is 18.1 Å². The predicted octanol–water partition coefficient (Wildman–Crippen LogP) is 2.68. The molecule has 0 spiro atoms. The molecule has 9 heteroatoms. The average molecular weight is 342 g/mol. The molecule has 0 aliphatic carbocycles. The van der Waals surface area contributed by atoms with Gasteiger partial charge in [-0.05, 0) is 25.3 Å². The zero-order valence-corrected chi connectivity index (χ0v) is 13.7. The van der Waals surface area contributed by atoms with E-state index in [1.54, 1.807) is 0 Å². The van der Waals surface area contributed by atoms with Gasteiger partial charge in [0.05, 0.1) is 0 Å². The summed E-state index contributed by atoms with van der Waals surface area (Å²) in [6.45, 7) is 6.94. The number of hydrogen-bond donors (Lipinski definition) is 1. The van der Waals surface area contributed by atoms with Gasteiger partial charge in [0.1, 0.15) is 12.1 Å². The molecule has 2 aromatic rings. The molecule has 0 unspecified atom stereocenters. The number of fused-ring (bicyclic) bond motifs is 1. The largest absolute Gasteiger partial charge is 0.433 e. The van der Waals surface area contributed by atoms with Gasteiger partial charge in [0, 0.05) is 25.2 Å².